The number of terminal acetylenes is 1. The lowest BCUT2D eigenvalue weighted by molar-refractivity contribution is 0.161. The summed E-state index contributed by atoms with van der Waals surface area (Å²) in [6.45, 7) is 1.02. The predicted octanol–water partition coefficient (Wildman–Crippen LogP) is 1.12. The summed E-state index contributed by atoms with van der Waals surface area (Å²) in [4.78, 5) is 0. The SMILES string of the molecule is C#CC(O)c1cccc2c1OCCO2. The lowest BCUT2D eigenvalue weighted by Gasteiger charge is -2.21. The van der Waals surface area contributed by atoms with Gasteiger partial charge in [0.1, 0.15) is 19.3 Å². The molecule has 0 saturated heterocycles. The van der Waals surface area contributed by atoms with Gasteiger partial charge in [-0.2, -0.15) is 0 Å². The van der Waals surface area contributed by atoms with E-state index in [9.17, 15) is 5.11 Å². The maximum absolute atomic E-state index is 9.51. The summed E-state index contributed by atoms with van der Waals surface area (Å²) in [5.74, 6) is 3.45. The molecule has 1 aliphatic rings. The van der Waals surface area contributed by atoms with Crippen LogP contribution in [0.25, 0.3) is 0 Å². The van der Waals surface area contributed by atoms with Crippen LogP contribution in [0.5, 0.6) is 11.5 Å². The first-order valence-corrected chi connectivity index (χ1v) is 4.35. The molecule has 14 heavy (non-hydrogen) atoms. The van der Waals surface area contributed by atoms with E-state index < -0.39 is 6.10 Å². The molecule has 0 bridgehead atoms. The molecule has 1 N–H and O–H groups in total. The zero-order valence-electron chi connectivity index (χ0n) is 7.56. The number of benzene rings is 1. The third kappa shape index (κ3) is 1.40. The maximum atomic E-state index is 9.51. The Morgan fingerprint density at radius 1 is 1.36 bits per heavy atom. The van der Waals surface area contributed by atoms with Gasteiger partial charge in [0.15, 0.2) is 11.5 Å². The average molecular weight is 190 g/mol. The summed E-state index contributed by atoms with van der Waals surface area (Å²) in [5, 5.41) is 9.51. The summed E-state index contributed by atoms with van der Waals surface area (Å²) in [7, 11) is 0. The zero-order chi connectivity index (χ0) is 9.97. The van der Waals surface area contributed by atoms with Crippen molar-refractivity contribution in [3.63, 3.8) is 0 Å². The van der Waals surface area contributed by atoms with Gasteiger partial charge in [-0.3, -0.25) is 0 Å². The fourth-order valence-corrected chi connectivity index (χ4v) is 1.40. The molecule has 1 aromatic rings. The van der Waals surface area contributed by atoms with Gasteiger partial charge >= 0.3 is 0 Å². The van der Waals surface area contributed by atoms with Crippen molar-refractivity contribution in [2.24, 2.45) is 0 Å². The van der Waals surface area contributed by atoms with E-state index in [2.05, 4.69) is 5.92 Å². The van der Waals surface area contributed by atoms with Crippen LogP contribution < -0.4 is 9.47 Å². The summed E-state index contributed by atoms with van der Waals surface area (Å²) in [5.41, 5.74) is 0.588. The Balaban J connectivity index is 2.46. The summed E-state index contributed by atoms with van der Waals surface area (Å²) >= 11 is 0. The fourth-order valence-electron chi connectivity index (χ4n) is 1.40. The monoisotopic (exact) mass is 190 g/mol. The molecule has 1 atom stereocenters. The first-order chi connectivity index (χ1) is 6.83. The van der Waals surface area contributed by atoms with Gasteiger partial charge in [0, 0.05) is 5.56 Å². The molecule has 1 unspecified atom stereocenters. The Labute approximate surface area is 82.3 Å². The third-order valence-electron chi connectivity index (χ3n) is 2.05. The van der Waals surface area contributed by atoms with E-state index in [1.54, 1.807) is 18.2 Å². The van der Waals surface area contributed by atoms with Gasteiger partial charge in [-0.05, 0) is 6.07 Å². The highest BCUT2D eigenvalue weighted by atomic mass is 16.6. The van der Waals surface area contributed by atoms with Crippen molar-refractivity contribution in [3.05, 3.63) is 23.8 Å². The fraction of sp³-hybridized carbons (Fsp3) is 0.273. The molecule has 0 amide bonds. The van der Waals surface area contributed by atoms with E-state index in [0.29, 0.717) is 30.3 Å². The Kier molecular flexibility index (Phi) is 2.30. The predicted molar refractivity (Wildman–Crippen MR) is 51.2 cm³/mol. The molecule has 0 aromatic heterocycles. The van der Waals surface area contributed by atoms with Crippen LogP contribution in [0.3, 0.4) is 0 Å². The smallest absolute Gasteiger partial charge is 0.168 e. The number of hydrogen-bond acceptors (Lipinski definition) is 3. The molecule has 0 saturated carbocycles. The largest absolute Gasteiger partial charge is 0.486 e. The molecule has 72 valence electrons. The van der Waals surface area contributed by atoms with Gasteiger partial charge in [0.05, 0.1) is 0 Å². The van der Waals surface area contributed by atoms with Crippen molar-refractivity contribution in [3.8, 4) is 23.8 Å². The van der Waals surface area contributed by atoms with Gasteiger partial charge in [-0.1, -0.05) is 18.1 Å². The third-order valence-corrected chi connectivity index (χ3v) is 2.05. The lowest BCUT2D eigenvalue weighted by Crippen LogP contribution is -2.17. The number of fused-ring (bicyclic) bond motifs is 1. The van der Waals surface area contributed by atoms with E-state index in [1.165, 1.54) is 0 Å². The first kappa shape index (κ1) is 8.92. The molecule has 0 aliphatic carbocycles. The molecule has 1 aromatic carbocycles. The van der Waals surface area contributed by atoms with Crippen molar-refractivity contribution in [1.82, 2.24) is 0 Å². The summed E-state index contributed by atoms with van der Waals surface area (Å²) in [6, 6.07) is 5.31. The highest BCUT2D eigenvalue weighted by Crippen LogP contribution is 2.36. The van der Waals surface area contributed by atoms with E-state index in [-0.39, 0.29) is 0 Å². The zero-order valence-corrected chi connectivity index (χ0v) is 7.56. The molecule has 0 fully saturated rings. The average Bonchev–Trinajstić information content (AvgIpc) is 2.27. The molecule has 0 radical (unpaired) electrons. The van der Waals surface area contributed by atoms with Crippen molar-refractivity contribution in [2.45, 2.75) is 6.10 Å². The van der Waals surface area contributed by atoms with Crippen LogP contribution in [0.4, 0.5) is 0 Å². The lowest BCUT2D eigenvalue weighted by atomic mass is 10.1. The maximum Gasteiger partial charge on any atom is 0.168 e. The molecule has 0 spiro atoms. The van der Waals surface area contributed by atoms with Crippen LogP contribution >= 0.6 is 0 Å². The second-order valence-corrected chi connectivity index (χ2v) is 2.94. The van der Waals surface area contributed by atoms with Crippen LogP contribution in [-0.4, -0.2) is 18.3 Å². The highest BCUT2D eigenvalue weighted by Gasteiger charge is 2.18. The van der Waals surface area contributed by atoms with E-state index in [4.69, 9.17) is 15.9 Å². The van der Waals surface area contributed by atoms with Gasteiger partial charge < -0.3 is 14.6 Å². The van der Waals surface area contributed by atoms with E-state index in [1.807, 2.05) is 0 Å². The Bertz CT molecular complexity index is 379. The topological polar surface area (TPSA) is 38.7 Å². The Morgan fingerprint density at radius 2 is 2.14 bits per heavy atom. The van der Waals surface area contributed by atoms with Gasteiger partial charge in [0.2, 0.25) is 0 Å². The van der Waals surface area contributed by atoms with Crippen molar-refractivity contribution < 1.29 is 14.6 Å². The number of para-hydroxylation sites is 1. The molecule has 1 heterocycles. The van der Waals surface area contributed by atoms with Crippen LogP contribution in [0.15, 0.2) is 18.2 Å². The first-order valence-electron chi connectivity index (χ1n) is 4.35. The van der Waals surface area contributed by atoms with Gasteiger partial charge in [-0.25, -0.2) is 0 Å². The van der Waals surface area contributed by atoms with Crippen LogP contribution in [0.1, 0.15) is 11.7 Å². The standard InChI is InChI=1S/C11H10O3/c1-2-9(12)8-4-3-5-10-11(8)14-7-6-13-10/h1,3-5,9,12H,6-7H2. The number of rotatable bonds is 1. The molecule has 3 heteroatoms. The molecule has 2 rings (SSSR count). The second kappa shape index (κ2) is 3.60. The van der Waals surface area contributed by atoms with Gasteiger partial charge in [-0.15, -0.1) is 6.42 Å². The normalized spacial score (nSPS) is 15.7. The molecule has 1 aliphatic heterocycles. The number of ether oxygens (including phenoxy) is 2. The number of aliphatic hydroxyl groups is 1. The summed E-state index contributed by atoms with van der Waals surface area (Å²) < 4.78 is 10.8. The van der Waals surface area contributed by atoms with E-state index >= 15 is 0 Å². The highest BCUT2D eigenvalue weighted by molar-refractivity contribution is 5.49. The van der Waals surface area contributed by atoms with Crippen LogP contribution in [0, 0.1) is 12.3 Å². The van der Waals surface area contributed by atoms with E-state index in [0.717, 1.165) is 0 Å². The minimum absolute atomic E-state index is 0.487. The quantitative estimate of drug-likeness (QED) is 0.674. The molecular formula is C11H10O3. The van der Waals surface area contributed by atoms with Crippen LogP contribution in [-0.2, 0) is 0 Å². The van der Waals surface area contributed by atoms with Crippen molar-refractivity contribution >= 4 is 0 Å². The van der Waals surface area contributed by atoms with Crippen LogP contribution in [0.2, 0.25) is 0 Å². The number of hydrogen-bond donors (Lipinski definition) is 1. The Morgan fingerprint density at radius 3 is 2.93 bits per heavy atom. The second-order valence-electron chi connectivity index (χ2n) is 2.94. The number of aliphatic hydroxyl groups excluding tert-OH is 1. The molecule has 3 nitrogen and oxygen atoms in total. The molecular weight excluding hydrogens is 180 g/mol. The summed E-state index contributed by atoms with van der Waals surface area (Å²) in [6.07, 6.45) is 4.20. The Hall–Kier alpha value is -1.66. The van der Waals surface area contributed by atoms with Gasteiger partial charge in [0.25, 0.3) is 0 Å². The minimum Gasteiger partial charge on any atom is -0.486 e. The van der Waals surface area contributed by atoms with Crippen molar-refractivity contribution in [2.75, 3.05) is 13.2 Å². The minimum atomic E-state index is -0.938. The van der Waals surface area contributed by atoms with Crippen molar-refractivity contribution in [1.29, 1.82) is 0 Å².